The van der Waals surface area contributed by atoms with Crippen molar-refractivity contribution in [2.45, 2.75) is 6.92 Å². The van der Waals surface area contributed by atoms with Gasteiger partial charge in [-0.25, -0.2) is 4.98 Å². The zero-order valence-electron chi connectivity index (χ0n) is 15.8. The first-order chi connectivity index (χ1) is 14.4. The van der Waals surface area contributed by atoms with Gasteiger partial charge in [-0.2, -0.15) is 0 Å². The van der Waals surface area contributed by atoms with E-state index in [9.17, 15) is 14.9 Å². The molecule has 0 saturated carbocycles. The Bertz CT molecular complexity index is 1360. The van der Waals surface area contributed by atoms with E-state index >= 15 is 0 Å². The fourth-order valence-electron chi connectivity index (χ4n) is 3.17. The Labute approximate surface area is 185 Å². The summed E-state index contributed by atoms with van der Waals surface area (Å²) in [5.74, 6) is 0.588. The molecule has 7 nitrogen and oxygen atoms in total. The number of nitro benzene ring substituents is 1. The van der Waals surface area contributed by atoms with E-state index in [1.165, 1.54) is 12.3 Å². The summed E-state index contributed by atoms with van der Waals surface area (Å²) in [7, 11) is 0. The molecule has 0 aliphatic carbocycles. The molecular weight excluding hydrogens is 495 g/mol. The zero-order chi connectivity index (χ0) is 21.3. The Morgan fingerprint density at radius 3 is 2.57 bits per heavy atom. The van der Waals surface area contributed by atoms with Crippen molar-refractivity contribution < 1.29 is 4.92 Å². The highest BCUT2D eigenvalue weighted by Crippen LogP contribution is 2.20. The van der Waals surface area contributed by atoms with E-state index in [0.29, 0.717) is 33.7 Å². The monoisotopic (exact) mass is 510 g/mol. The molecule has 8 heteroatoms. The van der Waals surface area contributed by atoms with Crippen LogP contribution in [0.1, 0.15) is 11.4 Å². The van der Waals surface area contributed by atoms with E-state index in [0.717, 1.165) is 3.57 Å². The topological polar surface area (TPSA) is 90.4 Å². The average Bonchev–Trinajstić information content (AvgIpc) is 2.74. The lowest BCUT2D eigenvalue weighted by Gasteiger charge is -2.11. The Balaban J connectivity index is 1.70. The number of hydrogen-bond acceptors (Lipinski definition) is 5. The quantitative estimate of drug-likeness (QED) is 0.168. The van der Waals surface area contributed by atoms with Gasteiger partial charge in [-0.15, -0.1) is 0 Å². The number of aliphatic imine (C=N–C) groups is 1. The van der Waals surface area contributed by atoms with E-state index in [2.05, 4.69) is 32.6 Å². The van der Waals surface area contributed by atoms with Crippen LogP contribution in [-0.2, 0) is 0 Å². The molecule has 0 bridgehead atoms. The highest BCUT2D eigenvalue weighted by Gasteiger charge is 2.11. The number of para-hydroxylation sites is 1. The van der Waals surface area contributed by atoms with Crippen LogP contribution in [0, 0.1) is 20.6 Å². The first-order valence-electron chi connectivity index (χ1n) is 9.01. The van der Waals surface area contributed by atoms with Gasteiger partial charge in [0.05, 0.1) is 32.8 Å². The molecule has 0 saturated heterocycles. The van der Waals surface area contributed by atoms with Gasteiger partial charge in [-0.1, -0.05) is 12.1 Å². The van der Waals surface area contributed by atoms with Gasteiger partial charge in [-0.3, -0.25) is 24.5 Å². The van der Waals surface area contributed by atoms with Gasteiger partial charge in [-0.05, 0) is 78.0 Å². The molecule has 0 N–H and O–H groups in total. The molecule has 0 spiro atoms. The third kappa shape index (κ3) is 3.86. The second-order valence-corrected chi connectivity index (χ2v) is 7.80. The van der Waals surface area contributed by atoms with E-state index in [1.807, 2.05) is 18.2 Å². The van der Waals surface area contributed by atoms with Crippen molar-refractivity contribution in [2.75, 3.05) is 0 Å². The van der Waals surface area contributed by atoms with Crippen molar-refractivity contribution in [3.05, 3.63) is 102 Å². The number of fused-ring (bicyclic) bond motifs is 1. The molecule has 0 atom stereocenters. The average molecular weight is 510 g/mol. The third-order valence-corrected chi connectivity index (χ3v) is 5.26. The van der Waals surface area contributed by atoms with Gasteiger partial charge < -0.3 is 0 Å². The molecule has 0 fully saturated rings. The third-order valence-electron chi connectivity index (χ3n) is 4.59. The Morgan fingerprint density at radius 1 is 1.10 bits per heavy atom. The molecule has 0 aliphatic heterocycles. The van der Waals surface area contributed by atoms with Crippen LogP contribution in [0.15, 0.2) is 76.5 Å². The molecule has 0 unspecified atom stereocenters. The molecule has 0 aliphatic rings. The molecule has 1 heterocycles. The number of nitro groups is 1. The van der Waals surface area contributed by atoms with Gasteiger partial charge in [0, 0.05) is 15.9 Å². The summed E-state index contributed by atoms with van der Waals surface area (Å²) in [6.45, 7) is 1.79. The van der Waals surface area contributed by atoms with Gasteiger partial charge in [0.15, 0.2) is 0 Å². The van der Waals surface area contributed by atoms with Crippen molar-refractivity contribution >= 4 is 51.1 Å². The standard InChI is InChI=1S/C22H15IN4O3/c1-14-25-20-11-6-16(23)12-19(20)22(28)26(14)18-9-7-17(8-10-18)24-13-15-4-2-3-5-21(15)27(29)30/h2-13H,1H3. The van der Waals surface area contributed by atoms with E-state index in [1.54, 1.807) is 54.0 Å². The van der Waals surface area contributed by atoms with Crippen LogP contribution in [0.4, 0.5) is 11.4 Å². The van der Waals surface area contributed by atoms with Gasteiger partial charge in [0.2, 0.25) is 0 Å². The lowest BCUT2D eigenvalue weighted by atomic mass is 10.2. The maximum atomic E-state index is 13.0. The van der Waals surface area contributed by atoms with Crippen molar-refractivity contribution in [3.63, 3.8) is 0 Å². The van der Waals surface area contributed by atoms with Crippen LogP contribution in [-0.4, -0.2) is 20.7 Å². The van der Waals surface area contributed by atoms with Crippen molar-refractivity contribution in [1.82, 2.24) is 9.55 Å². The van der Waals surface area contributed by atoms with Crippen LogP contribution in [0.5, 0.6) is 0 Å². The molecule has 1 aromatic heterocycles. The second kappa shape index (κ2) is 8.15. The predicted octanol–water partition coefficient (Wildman–Crippen LogP) is 4.96. The van der Waals surface area contributed by atoms with Crippen LogP contribution >= 0.6 is 22.6 Å². The molecule has 148 valence electrons. The number of aromatic nitrogens is 2. The largest absolute Gasteiger partial charge is 0.278 e. The predicted molar refractivity (Wildman–Crippen MR) is 125 cm³/mol. The molecule has 0 radical (unpaired) electrons. The van der Waals surface area contributed by atoms with Crippen molar-refractivity contribution in [1.29, 1.82) is 0 Å². The van der Waals surface area contributed by atoms with Crippen molar-refractivity contribution in [2.24, 2.45) is 4.99 Å². The number of nitrogens with zero attached hydrogens (tertiary/aromatic N) is 4. The van der Waals surface area contributed by atoms with E-state index in [4.69, 9.17) is 0 Å². The molecule has 0 amide bonds. The van der Waals surface area contributed by atoms with Crippen LogP contribution in [0.3, 0.4) is 0 Å². The summed E-state index contributed by atoms with van der Waals surface area (Å²) >= 11 is 2.17. The minimum atomic E-state index is -0.437. The fourth-order valence-corrected chi connectivity index (χ4v) is 3.66. The first-order valence-corrected chi connectivity index (χ1v) is 10.1. The molecule has 4 rings (SSSR count). The Kier molecular flexibility index (Phi) is 5.40. The maximum Gasteiger partial charge on any atom is 0.278 e. The number of aryl methyl sites for hydroxylation is 1. The normalized spacial score (nSPS) is 11.3. The summed E-state index contributed by atoms with van der Waals surface area (Å²) in [4.78, 5) is 32.6. The minimum absolute atomic E-state index is 0.00285. The van der Waals surface area contributed by atoms with Crippen molar-refractivity contribution in [3.8, 4) is 5.69 Å². The highest BCUT2D eigenvalue weighted by atomic mass is 127. The molecular formula is C22H15IN4O3. The summed E-state index contributed by atoms with van der Waals surface area (Å²) in [6.07, 6.45) is 1.46. The number of hydrogen-bond donors (Lipinski definition) is 0. The SMILES string of the molecule is Cc1nc2ccc(I)cc2c(=O)n1-c1ccc(N=Cc2ccccc2[N+](=O)[O-])cc1. The Morgan fingerprint density at radius 2 is 1.83 bits per heavy atom. The van der Waals surface area contributed by atoms with Gasteiger partial charge in [0.1, 0.15) is 5.82 Å². The van der Waals surface area contributed by atoms with Crippen LogP contribution in [0.2, 0.25) is 0 Å². The number of halogens is 1. The van der Waals surface area contributed by atoms with E-state index in [-0.39, 0.29) is 11.2 Å². The van der Waals surface area contributed by atoms with Gasteiger partial charge >= 0.3 is 0 Å². The van der Waals surface area contributed by atoms with Gasteiger partial charge in [0.25, 0.3) is 11.2 Å². The van der Waals surface area contributed by atoms with Crippen LogP contribution < -0.4 is 5.56 Å². The fraction of sp³-hybridized carbons (Fsp3) is 0.0455. The summed E-state index contributed by atoms with van der Waals surface area (Å²) < 4.78 is 2.53. The molecule has 3 aromatic carbocycles. The summed E-state index contributed by atoms with van der Waals surface area (Å²) in [5, 5.41) is 11.7. The summed E-state index contributed by atoms with van der Waals surface area (Å²) in [5.41, 5.74) is 2.25. The first kappa shape index (κ1) is 19.9. The molecule has 30 heavy (non-hydrogen) atoms. The second-order valence-electron chi connectivity index (χ2n) is 6.55. The van der Waals surface area contributed by atoms with E-state index < -0.39 is 4.92 Å². The summed E-state index contributed by atoms with van der Waals surface area (Å²) in [6, 6.07) is 19.1. The molecule has 4 aromatic rings. The number of benzene rings is 3. The lowest BCUT2D eigenvalue weighted by molar-refractivity contribution is -0.385. The smallest absolute Gasteiger partial charge is 0.268 e. The van der Waals surface area contributed by atoms with Crippen LogP contribution in [0.25, 0.3) is 16.6 Å². The highest BCUT2D eigenvalue weighted by molar-refractivity contribution is 14.1. The Hall–Kier alpha value is -3.40. The minimum Gasteiger partial charge on any atom is -0.268 e. The number of rotatable bonds is 4. The zero-order valence-corrected chi connectivity index (χ0v) is 18.0. The lowest BCUT2D eigenvalue weighted by Crippen LogP contribution is -2.22. The maximum absolute atomic E-state index is 13.0.